The molecule has 142 valence electrons. The number of fused-ring (bicyclic) bond motifs is 3. The highest BCUT2D eigenvalue weighted by Gasteiger charge is 2.49. The Morgan fingerprint density at radius 2 is 2.08 bits per heavy atom. The zero-order valence-electron chi connectivity index (χ0n) is 16.7. The summed E-state index contributed by atoms with van der Waals surface area (Å²) in [6, 6.07) is 0.337. The Kier molecular flexibility index (Phi) is 4.14. The van der Waals surface area contributed by atoms with Gasteiger partial charge in [-0.05, 0) is 63.5 Å². The first-order valence-corrected chi connectivity index (χ1v) is 10.6. The SMILES string of the molecule is Cc1c([C@@H]2C[C@@H]3C[C@H]2CN3C(=O)OC(C)(C)C)sc2[nH]cc(C(C)C)c12. The number of H-pyrrole nitrogens is 1. The van der Waals surface area contributed by atoms with Crippen LogP contribution in [0, 0.1) is 12.8 Å². The van der Waals surface area contributed by atoms with E-state index in [0.29, 0.717) is 23.8 Å². The van der Waals surface area contributed by atoms with Gasteiger partial charge in [0.2, 0.25) is 0 Å². The molecule has 0 unspecified atom stereocenters. The number of aromatic nitrogens is 1. The summed E-state index contributed by atoms with van der Waals surface area (Å²) in [5, 5.41) is 1.44. The molecule has 0 spiro atoms. The van der Waals surface area contributed by atoms with Crippen molar-refractivity contribution in [3.05, 3.63) is 22.2 Å². The van der Waals surface area contributed by atoms with Crippen molar-refractivity contribution >= 4 is 27.6 Å². The van der Waals surface area contributed by atoms with Gasteiger partial charge in [0.1, 0.15) is 10.4 Å². The van der Waals surface area contributed by atoms with Gasteiger partial charge < -0.3 is 14.6 Å². The Hall–Kier alpha value is -1.49. The van der Waals surface area contributed by atoms with Crippen molar-refractivity contribution in [3.8, 4) is 0 Å². The van der Waals surface area contributed by atoms with E-state index in [2.05, 4.69) is 32.0 Å². The summed E-state index contributed by atoms with van der Waals surface area (Å²) < 4.78 is 5.60. The number of amides is 1. The third-order valence-electron chi connectivity index (χ3n) is 5.96. The molecule has 2 aromatic heterocycles. The Morgan fingerprint density at radius 3 is 2.65 bits per heavy atom. The molecule has 2 aromatic rings. The molecule has 1 saturated heterocycles. The van der Waals surface area contributed by atoms with Crippen molar-refractivity contribution in [2.75, 3.05) is 6.54 Å². The molecule has 4 rings (SSSR count). The summed E-state index contributed by atoms with van der Waals surface area (Å²) in [6.45, 7) is 13.4. The van der Waals surface area contributed by atoms with Gasteiger partial charge in [-0.3, -0.25) is 0 Å². The lowest BCUT2D eigenvalue weighted by atomic mass is 9.90. The van der Waals surface area contributed by atoms with Gasteiger partial charge >= 0.3 is 6.09 Å². The van der Waals surface area contributed by atoms with Crippen molar-refractivity contribution in [3.63, 3.8) is 0 Å². The third kappa shape index (κ3) is 2.84. The number of likely N-dealkylation sites (tertiary alicyclic amines) is 1. The van der Waals surface area contributed by atoms with Crippen LogP contribution in [0.15, 0.2) is 6.20 Å². The Morgan fingerprint density at radius 1 is 1.35 bits per heavy atom. The number of hydrogen-bond donors (Lipinski definition) is 1. The molecule has 0 aromatic carbocycles. The highest BCUT2D eigenvalue weighted by Crippen LogP contribution is 2.52. The van der Waals surface area contributed by atoms with E-state index in [4.69, 9.17) is 4.74 Å². The maximum absolute atomic E-state index is 12.5. The zero-order valence-corrected chi connectivity index (χ0v) is 17.5. The largest absolute Gasteiger partial charge is 0.444 e. The van der Waals surface area contributed by atoms with Gasteiger partial charge in [0.05, 0.1) is 0 Å². The topological polar surface area (TPSA) is 45.3 Å². The van der Waals surface area contributed by atoms with Crippen molar-refractivity contribution in [1.82, 2.24) is 9.88 Å². The molecule has 1 aliphatic carbocycles. The number of carbonyl (C=O) groups excluding carboxylic acids is 1. The van der Waals surface area contributed by atoms with Gasteiger partial charge in [-0.2, -0.15) is 0 Å². The fraction of sp³-hybridized carbons (Fsp3) is 0.667. The van der Waals surface area contributed by atoms with Crippen LogP contribution in [0.4, 0.5) is 4.79 Å². The predicted molar refractivity (Wildman–Crippen MR) is 107 cm³/mol. The number of aryl methyl sites for hydroxylation is 1. The van der Waals surface area contributed by atoms with E-state index in [0.717, 1.165) is 19.4 Å². The normalized spacial score (nSPS) is 25.7. The molecule has 2 bridgehead atoms. The average molecular weight is 375 g/mol. The summed E-state index contributed by atoms with van der Waals surface area (Å²) in [6.07, 6.45) is 4.23. The summed E-state index contributed by atoms with van der Waals surface area (Å²) >= 11 is 1.93. The average Bonchev–Trinajstić information content (AvgIpc) is 3.25. The molecule has 26 heavy (non-hydrogen) atoms. The number of carbonyl (C=O) groups is 1. The summed E-state index contributed by atoms with van der Waals surface area (Å²) in [4.78, 5) is 20.8. The van der Waals surface area contributed by atoms with E-state index in [1.165, 1.54) is 26.2 Å². The molecule has 2 fully saturated rings. The predicted octanol–water partition coefficient (Wildman–Crippen LogP) is 5.77. The molecular formula is C21H30N2O2S. The number of hydrogen-bond acceptors (Lipinski definition) is 3. The number of rotatable bonds is 2. The van der Waals surface area contributed by atoms with Gasteiger partial charge in [-0.15, -0.1) is 11.3 Å². The van der Waals surface area contributed by atoms with Crippen molar-refractivity contribution in [2.24, 2.45) is 5.92 Å². The Labute approximate surface area is 159 Å². The molecular weight excluding hydrogens is 344 g/mol. The van der Waals surface area contributed by atoms with Crippen molar-refractivity contribution in [2.45, 2.75) is 77.9 Å². The monoisotopic (exact) mass is 374 g/mol. The van der Waals surface area contributed by atoms with E-state index >= 15 is 0 Å². The minimum absolute atomic E-state index is 0.138. The van der Waals surface area contributed by atoms with Gasteiger partial charge in [0.25, 0.3) is 0 Å². The van der Waals surface area contributed by atoms with E-state index in [-0.39, 0.29) is 6.09 Å². The van der Waals surface area contributed by atoms with Crippen molar-refractivity contribution < 1.29 is 9.53 Å². The van der Waals surface area contributed by atoms with Crippen LogP contribution < -0.4 is 0 Å². The van der Waals surface area contributed by atoms with Crippen molar-refractivity contribution in [1.29, 1.82) is 0 Å². The molecule has 0 radical (unpaired) electrons. The van der Waals surface area contributed by atoms with Crippen LogP contribution >= 0.6 is 11.3 Å². The van der Waals surface area contributed by atoms with Gasteiger partial charge in [-0.1, -0.05) is 13.8 Å². The molecule has 3 heterocycles. The summed E-state index contributed by atoms with van der Waals surface area (Å²) in [5.74, 6) is 1.69. The van der Waals surface area contributed by atoms with Crippen LogP contribution in [0.1, 0.15) is 75.3 Å². The van der Waals surface area contributed by atoms with Crippen LogP contribution in [-0.2, 0) is 4.74 Å². The highest BCUT2D eigenvalue weighted by molar-refractivity contribution is 7.19. The van der Waals surface area contributed by atoms with E-state index in [1.807, 2.05) is 37.0 Å². The minimum atomic E-state index is -0.422. The number of nitrogens with zero attached hydrogens (tertiary/aromatic N) is 1. The quantitative estimate of drug-likeness (QED) is 0.725. The van der Waals surface area contributed by atoms with Crippen LogP contribution in [0.2, 0.25) is 0 Å². The first-order chi connectivity index (χ1) is 12.2. The molecule has 4 nitrogen and oxygen atoms in total. The third-order valence-corrected chi connectivity index (χ3v) is 7.31. The summed E-state index contributed by atoms with van der Waals surface area (Å²) in [5.41, 5.74) is 2.46. The van der Waals surface area contributed by atoms with Gasteiger partial charge in [0.15, 0.2) is 0 Å². The standard InChI is InChI=1S/C21H30N2O2S/c1-11(2)16-9-22-19-17(16)12(3)18(26-19)15-8-14-7-13(15)10-23(14)20(24)25-21(4,5)6/h9,11,13-15,22H,7-8,10H2,1-6H3/t13-,14-,15+/m0/s1. The highest BCUT2D eigenvalue weighted by atomic mass is 32.1. The molecule has 1 amide bonds. The van der Waals surface area contributed by atoms with E-state index < -0.39 is 5.60 Å². The van der Waals surface area contributed by atoms with Crippen LogP contribution in [-0.4, -0.2) is 34.2 Å². The van der Waals surface area contributed by atoms with Gasteiger partial charge in [0, 0.05) is 35.0 Å². The molecule has 5 heteroatoms. The van der Waals surface area contributed by atoms with Crippen LogP contribution in [0.3, 0.4) is 0 Å². The summed E-state index contributed by atoms with van der Waals surface area (Å²) in [7, 11) is 0. The van der Waals surface area contributed by atoms with E-state index in [1.54, 1.807) is 0 Å². The molecule has 1 N–H and O–H groups in total. The Balaban J connectivity index is 1.55. The Bertz CT molecular complexity index is 842. The fourth-order valence-electron chi connectivity index (χ4n) is 4.82. The number of nitrogens with one attached hydrogen (secondary N) is 1. The molecule has 1 aliphatic heterocycles. The molecule has 2 aliphatic rings. The number of thiophene rings is 1. The van der Waals surface area contributed by atoms with Gasteiger partial charge in [-0.25, -0.2) is 4.79 Å². The number of aromatic amines is 1. The molecule has 1 saturated carbocycles. The first kappa shape index (κ1) is 17.9. The smallest absolute Gasteiger partial charge is 0.410 e. The first-order valence-electron chi connectivity index (χ1n) is 9.75. The maximum atomic E-state index is 12.5. The second-order valence-electron chi connectivity index (χ2n) is 9.32. The molecule has 3 atom stereocenters. The lowest BCUT2D eigenvalue weighted by molar-refractivity contribution is 0.0181. The fourth-order valence-corrected chi connectivity index (χ4v) is 6.23. The second-order valence-corrected chi connectivity index (χ2v) is 10.4. The van der Waals surface area contributed by atoms with Crippen LogP contribution in [0.25, 0.3) is 10.2 Å². The lowest BCUT2D eigenvalue weighted by Gasteiger charge is -2.33. The lowest BCUT2D eigenvalue weighted by Crippen LogP contribution is -2.42. The number of piperidine rings is 1. The zero-order chi connectivity index (χ0) is 18.8. The second kappa shape index (κ2) is 6.01. The van der Waals surface area contributed by atoms with Crippen LogP contribution in [0.5, 0.6) is 0 Å². The number of ether oxygens (including phenoxy) is 1. The van der Waals surface area contributed by atoms with E-state index in [9.17, 15) is 4.79 Å². The minimum Gasteiger partial charge on any atom is -0.444 e. The maximum Gasteiger partial charge on any atom is 0.410 e.